The number of unbranched alkanes of at least 4 members (excludes halogenated alkanes) is 56. The van der Waals surface area contributed by atoms with Gasteiger partial charge in [-0.15, -0.1) is 0 Å². The van der Waals surface area contributed by atoms with Gasteiger partial charge in [0.2, 0.25) is 5.91 Å². The normalized spacial score (nSPS) is 12.6. The second kappa shape index (κ2) is 71.8. The number of carbonyl (C=O) groups is 2. The number of ether oxygens (including phenoxy) is 1. The molecule has 6 nitrogen and oxygen atoms in total. The molecule has 0 saturated carbocycles. The van der Waals surface area contributed by atoms with Crippen molar-refractivity contribution in [3.05, 3.63) is 24.3 Å². The highest BCUT2D eigenvalue weighted by atomic mass is 16.5. The van der Waals surface area contributed by atoms with Gasteiger partial charge in [-0.25, -0.2) is 0 Å². The molecule has 486 valence electrons. The van der Waals surface area contributed by atoms with Crippen LogP contribution < -0.4 is 5.32 Å². The molecule has 82 heavy (non-hydrogen) atoms. The van der Waals surface area contributed by atoms with E-state index in [4.69, 9.17) is 4.74 Å². The van der Waals surface area contributed by atoms with Crippen molar-refractivity contribution in [1.29, 1.82) is 0 Å². The predicted octanol–water partition coefficient (Wildman–Crippen LogP) is 24.5. The third-order valence-electron chi connectivity index (χ3n) is 17.7. The predicted molar refractivity (Wildman–Crippen MR) is 361 cm³/mol. The number of carbonyl (C=O) groups excluding carboxylic acids is 2. The molecule has 0 spiro atoms. The van der Waals surface area contributed by atoms with E-state index < -0.39 is 12.1 Å². The number of hydrogen-bond donors (Lipinski definition) is 3. The van der Waals surface area contributed by atoms with Crippen LogP contribution in [-0.4, -0.2) is 47.4 Å². The number of nitrogens with one attached hydrogen (secondary N) is 1. The molecule has 0 aliphatic rings. The van der Waals surface area contributed by atoms with Gasteiger partial charge in [0, 0.05) is 12.8 Å². The average molecular weight is 1160 g/mol. The van der Waals surface area contributed by atoms with Crippen LogP contribution in [0.25, 0.3) is 0 Å². The summed E-state index contributed by atoms with van der Waals surface area (Å²) in [6, 6.07) is -0.542. The molecular formula is C76H147NO5. The number of hydrogen-bond acceptors (Lipinski definition) is 5. The molecule has 0 aromatic heterocycles. The number of amides is 1. The van der Waals surface area contributed by atoms with E-state index in [9.17, 15) is 19.8 Å². The van der Waals surface area contributed by atoms with Gasteiger partial charge >= 0.3 is 5.97 Å². The maximum Gasteiger partial charge on any atom is 0.305 e. The smallest absolute Gasteiger partial charge is 0.305 e. The highest BCUT2D eigenvalue weighted by Gasteiger charge is 2.20. The van der Waals surface area contributed by atoms with E-state index in [-0.39, 0.29) is 18.5 Å². The Labute approximate surface area is 513 Å². The van der Waals surface area contributed by atoms with E-state index in [2.05, 4.69) is 43.5 Å². The van der Waals surface area contributed by atoms with Crippen LogP contribution in [0.3, 0.4) is 0 Å². The fraction of sp³-hybridized carbons (Fsp3) is 0.921. The summed E-state index contributed by atoms with van der Waals surface area (Å²) >= 11 is 0. The van der Waals surface area contributed by atoms with Crippen molar-refractivity contribution in [2.45, 2.75) is 437 Å². The van der Waals surface area contributed by atoms with E-state index in [0.717, 1.165) is 44.9 Å². The molecule has 0 radical (unpaired) electrons. The fourth-order valence-corrected chi connectivity index (χ4v) is 12.0. The number of esters is 1. The summed E-state index contributed by atoms with van der Waals surface area (Å²) in [5, 5.41) is 23.4. The van der Waals surface area contributed by atoms with E-state index in [0.29, 0.717) is 25.9 Å². The fourth-order valence-electron chi connectivity index (χ4n) is 12.0. The monoisotopic (exact) mass is 1150 g/mol. The third-order valence-corrected chi connectivity index (χ3v) is 17.7. The Morgan fingerprint density at radius 3 is 0.866 bits per heavy atom. The number of allylic oxidation sites excluding steroid dienone is 4. The van der Waals surface area contributed by atoms with Crippen LogP contribution in [0.1, 0.15) is 425 Å². The Bertz CT molecular complexity index is 1280. The molecule has 2 atom stereocenters. The van der Waals surface area contributed by atoms with Crippen LogP contribution in [0, 0.1) is 0 Å². The first kappa shape index (κ1) is 80.3. The minimum absolute atomic E-state index is 0.00948. The lowest BCUT2D eigenvalue weighted by atomic mass is 10.0. The number of aliphatic hydroxyl groups excluding tert-OH is 2. The first-order valence-corrected chi connectivity index (χ1v) is 37.6. The summed E-state index contributed by atoms with van der Waals surface area (Å²) in [4.78, 5) is 24.6. The molecule has 0 saturated heterocycles. The van der Waals surface area contributed by atoms with Crippen LogP contribution in [0.4, 0.5) is 0 Å². The standard InChI is InChI=1S/C76H147NO5/c1-3-5-7-9-11-13-15-17-19-20-21-31-34-37-41-44-48-52-56-60-64-68-74(79)73(72-78)77-75(80)69-65-61-57-53-49-45-42-38-35-32-29-27-25-23-22-24-26-28-30-33-36-39-43-47-51-55-59-63-67-71-82-76(81)70-66-62-58-54-50-46-40-18-16-14-12-10-8-6-4-2/h18,22,24,40,73-74,78-79H,3-17,19-21,23,25-39,41-72H2,1-2H3,(H,77,80)/b24-22-,40-18-. The van der Waals surface area contributed by atoms with E-state index in [1.165, 1.54) is 347 Å². The molecule has 0 aliphatic heterocycles. The van der Waals surface area contributed by atoms with Gasteiger partial charge in [0.15, 0.2) is 0 Å². The van der Waals surface area contributed by atoms with Crippen molar-refractivity contribution in [3.8, 4) is 0 Å². The topological polar surface area (TPSA) is 95.9 Å². The van der Waals surface area contributed by atoms with E-state index >= 15 is 0 Å². The van der Waals surface area contributed by atoms with E-state index in [1.807, 2.05) is 0 Å². The second-order valence-corrected chi connectivity index (χ2v) is 26.0. The lowest BCUT2D eigenvalue weighted by Crippen LogP contribution is -2.45. The summed E-state index contributed by atoms with van der Waals surface area (Å²) in [5.74, 6) is -0.0199. The number of rotatable bonds is 71. The van der Waals surface area contributed by atoms with Gasteiger partial charge < -0.3 is 20.3 Å². The highest BCUT2D eigenvalue weighted by Crippen LogP contribution is 2.19. The minimum atomic E-state index is -0.665. The lowest BCUT2D eigenvalue weighted by Gasteiger charge is -2.22. The molecule has 0 aromatic carbocycles. The van der Waals surface area contributed by atoms with Crippen LogP contribution in [0.2, 0.25) is 0 Å². The molecule has 0 aliphatic carbocycles. The largest absolute Gasteiger partial charge is 0.466 e. The molecule has 0 fully saturated rings. The van der Waals surface area contributed by atoms with E-state index in [1.54, 1.807) is 0 Å². The molecule has 2 unspecified atom stereocenters. The molecule has 0 rings (SSSR count). The van der Waals surface area contributed by atoms with Gasteiger partial charge in [0.1, 0.15) is 0 Å². The molecular weight excluding hydrogens is 1010 g/mol. The molecule has 6 heteroatoms. The van der Waals surface area contributed by atoms with Crippen molar-refractivity contribution in [3.63, 3.8) is 0 Å². The summed E-state index contributed by atoms with van der Waals surface area (Å²) in [6.07, 6.45) is 91.0. The Hall–Kier alpha value is -1.66. The average Bonchev–Trinajstić information content (AvgIpc) is 3.48. The van der Waals surface area contributed by atoms with Crippen molar-refractivity contribution < 1.29 is 24.5 Å². The Morgan fingerprint density at radius 2 is 0.573 bits per heavy atom. The molecule has 3 N–H and O–H groups in total. The zero-order chi connectivity index (χ0) is 59.2. The van der Waals surface area contributed by atoms with Gasteiger partial charge in [-0.3, -0.25) is 9.59 Å². The van der Waals surface area contributed by atoms with Crippen molar-refractivity contribution >= 4 is 11.9 Å². The maximum atomic E-state index is 12.6. The quantitative estimate of drug-likeness (QED) is 0.0320. The summed E-state index contributed by atoms with van der Waals surface area (Å²) < 4.78 is 5.49. The molecule has 1 amide bonds. The first-order chi connectivity index (χ1) is 40.5. The minimum Gasteiger partial charge on any atom is -0.466 e. The summed E-state index contributed by atoms with van der Waals surface area (Å²) in [5.41, 5.74) is 0. The SMILES string of the molecule is CCCCCCCC/C=C\CCCCCCCC(=O)OCCCCCCCCCCCCCC/C=C\CCCCCCCCCCCCCCCC(=O)NC(CO)C(O)CCCCCCCCCCCCCCCCCCCCCCC. The van der Waals surface area contributed by atoms with Crippen LogP contribution in [0.15, 0.2) is 24.3 Å². The van der Waals surface area contributed by atoms with Gasteiger partial charge in [-0.05, 0) is 77.0 Å². The molecule has 0 bridgehead atoms. The zero-order valence-corrected chi connectivity index (χ0v) is 55.8. The zero-order valence-electron chi connectivity index (χ0n) is 55.8. The Balaban J connectivity index is 3.37. The van der Waals surface area contributed by atoms with Gasteiger partial charge in [-0.1, -0.05) is 359 Å². The summed E-state index contributed by atoms with van der Waals surface area (Å²) in [7, 11) is 0. The van der Waals surface area contributed by atoms with Crippen LogP contribution in [-0.2, 0) is 14.3 Å². The van der Waals surface area contributed by atoms with Crippen molar-refractivity contribution in [1.82, 2.24) is 5.32 Å². The van der Waals surface area contributed by atoms with Crippen LogP contribution >= 0.6 is 0 Å². The third kappa shape index (κ3) is 67.5. The Morgan fingerprint density at radius 1 is 0.329 bits per heavy atom. The highest BCUT2D eigenvalue weighted by molar-refractivity contribution is 5.76. The van der Waals surface area contributed by atoms with Gasteiger partial charge in [-0.2, -0.15) is 0 Å². The Kier molecular flexibility index (Phi) is 70.4. The van der Waals surface area contributed by atoms with Crippen LogP contribution in [0.5, 0.6) is 0 Å². The second-order valence-electron chi connectivity index (χ2n) is 26.0. The number of aliphatic hydroxyl groups is 2. The lowest BCUT2D eigenvalue weighted by molar-refractivity contribution is -0.143. The molecule has 0 aromatic rings. The molecule has 0 heterocycles. The van der Waals surface area contributed by atoms with Gasteiger partial charge in [0.05, 0.1) is 25.4 Å². The van der Waals surface area contributed by atoms with Gasteiger partial charge in [0.25, 0.3) is 0 Å². The first-order valence-electron chi connectivity index (χ1n) is 37.6. The summed E-state index contributed by atoms with van der Waals surface area (Å²) in [6.45, 7) is 4.99. The van der Waals surface area contributed by atoms with Crippen molar-refractivity contribution in [2.75, 3.05) is 13.2 Å². The van der Waals surface area contributed by atoms with Crippen molar-refractivity contribution in [2.24, 2.45) is 0 Å². The maximum absolute atomic E-state index is 12.6.